The van der Waals surface area contributed by atoms with Crippen LogP contribution in [0.15, 0.2) is 0 Å². The minimum absolute atomic E-state index is 0.778. The molecule has 2 saturated heterocycles. The molecular formula is C18H36N2. The second-order valence-corrected chi connectivity index (χ2v) is 8.07. The summed E-state index contributed by atoms with van der Waals surface area (Å²) in [6.45, 7) is 18.4. The first-order chi connectivity index (χ1) is 9.40. The molecule has 0 aliphatic carbocycles. The molecule has 0 saturated carbocycles. The number of hydrogen-bond acceptors (Lipinski definition) is 2. The average Bonchev–Trinajstić information content (AvgIpc) is 2.21. The third kappa shape index (κ3) is 3.57. The van der Waals surface area contributed by atoms with Crippen molar-refractivity contribution in [1.29, 1.82) is 0 Å². The Morgan fingerprint density at radius 2 is 1.45 bits per heavy atom. The quantitative estimate of drug-likeness (QED) is 0.698. The maximum absolute atomic E-state index is 2.74. The number of nitrogens with zero attached hydrogens (tertiary/aromatic N) is 2. The number of rotatable bonds is 7. The highest BCUT2D eigenvalue weighted by Crippen LogP contribution is 2.30. The molecule has 2 heteroatoms. The van der Waals surface area contributed by atoms with Gasteiger partial charge in [0.25, 0.3) is 0 Å². The molecular weight excluding hydrogens is 244 g/mol. The molecule has 2 aliphatic heterocycles. The van der Waals surface area contributed by atoms with Crippen molar-refractivity contribution in [3.63, 3.8) is 0 Å². The highest BCUT2D eigenvalue weighted by atomic mass is 15.2. The average molecular weight is 281 g/mol. The molecule has 0 spiro atoms. The van der Waals surface area contributed by atoms with Gasteiger partial charge in [-0.3, -0.25) is 9.80 Å². The lowest BCUT2D eigenvalue weighted by Gasteiger charge is -2.48. The Labute approximate surface area is 126 Å². The Bertz CT molecular complexity index is 294. The van der Waals surface area contributed by atoms with E-state index in [4.69, 9.17) is 0 Å². The zero-order chi connectivity index (χ0) is 14.9. The molecule has 118 valence electrons. The van der Waals surface area contributed by atoms with E-state index < -0.39 is 0 Å². The molecule has 2 nitrogen and oxygen atoms in total. The predicted octanol–water partition coefficient (Wildman–Crippen LogP) is 3.86. The Morgan fingerprint density at radius 3 is 1.90 bits per heavy atom. The Kier molecular flexibility index (Phi) is 5.53. The molecule has 0 bridgehead atoms. The van der Waals surface area contributed by atoms with Crippen LogP contribution in [-0.2, 0) is 0 Å². The first-order valence-corrected chi connectivity index (χ1v) is 8.90. The van der Waals surface area contributed by atoms with E-state index >= 15 is 0 Å². The molecule has 0 aromatic carbocycles. The summed E-state index contributed by atoms with van der Waals surface area (Å²) in [5, 5.41) is 0. The molecule has 20 heavy (non-hydrogen) atoms. The highest BCUT2D eigenvalue weighted by molar-refractivity contribution is 4.90. The summed E-state index contributed by atoms with van der Waals surface area (Å²) in [6.07, 6.45) is 4.15. The van der Waals surface area contributed by atoms with Crippen LogP contribution in [0.25, 0.3) is 0 Å². The van der Waals surface area contributed by atoms with Gasteiger partial charge in [0.15, 0.2) is 0 Å². The summed E-state index contributed by atoms with van der Waals surface area (Å²) in [7, 11) is 0. The van der Waals surface area contributed by atoms with Crippen molar-refractivity contribution in [3.05, 3.63) is 0 Å². The van der Waals surface area contributed by atoms with E-state index in [-0.39, 0.29) is 0 Å². The molecule has 0 N–H and O–H groups in total. The van der Waals surface area contributed by atoms with Gasteiger partial charge in [-0.2, -0.15) is 0 Å². The van der Waals surface area contributed by atoms with Gasteiger partial charge in [0.05, 0.1) is 0 Å². The fourth-order valence-corrected chi connectivity index (χ4v) is 3.85. The zero-order valence-electron chi connectivity index (χ0n) is 14.6. The Morgan fingerprint density at radius 1 is 0.850 bits per heavy atom. The molecule has 0 aromatic heterocycles. The van der Waals surface area contributed by atoms with Crippen LogP contribution in [0.2, 0.25) is 0 Å². The van der Waals surface area contributed by atoms with Crippen LogP contribution in [0, 0.1) is 17.8 Å². The van der Waals surface area contributed by atoms with Gasteiger partial charge in [-0.25, -0.2) is 0 Å². The van der Waals surface area contributed by atoms with Crippen LogP contribution >= 0.6 is 0 Å². The maximum atomic E-state index is 2.74. The van der Waals surface area contributed by atoms with Crippen molar-refractivity contribution in [2.75, 3.05) is 19.6 Å². The standard InChI is InChI=1S/C18H36N2/c1-13(2)17-11-19(12-17)15(5)7-8-16(6)20-10-9-18(20)14(3)4/h13-18H,7-12H2,1-6H3. The van der Waals surface area contributed by atoms with Gasteiger partial charge in [-0.05, 0) is 50.9 Å². The molecule has 3 atom stereocenters. The van der Waals surface area contributed by atoms with Gasteiger partial charge in [-0.15, -0.1) is 0 Å². The van der Waals surface area contributed by atoms with E-state index in [0.717, 1.165) is 35.9 Å². The van der Waals surface area contributed by atoms with Crippen LogP contribution in [0.1, 0.15) is 60.8 Å². The Balaban J connectivity index is 1.65. The Hall–Kier alpha value is -0.0800. The van der Waals surface area contributed by atoms with Gasteiger partial charge in [0.1, 0.15) is 0 Å². The van der Waals surface area contributed by atoms with Crippen molar-refractivity contribution >= 4 is 0 Å². The monoisotopic (exact) mass is 280 g/mol. The third-order valence-corrected chi connectivity index (χ3v) is 5.95. The summed E-state index contributed by atoms with van der Waals surface area (Å²) < 4.78 is 0. The predicted molar refractivity (Wildman–Crippen MR) is 88.0 cm³/mol. The fourth-order valence-electron chi connectivity index (χ4n) is 3.85. The van der Waals surface area contributed by atoms with Crippen molar-refractivity contribution in [2.45, 2.75) is 78.9 Å². The summed E-state index contributed by atoms with van der Waals surface area (Å²) in [4.78, 5) is 5.43. The molecule has 2 heterocycles. The van der Waals surface area contributed by atoms with Crippen molar-refractivity contribution in [2.24, 2.45) is 17.8 Å². The molecule has 2 fully saturated rings. The second-order valence-electron chi connectivity index (χ2n) is 8.07. The smallest absolute Gasteiger partial charge is 0.0133 e. The zero-order valence-corrected chi connectivity index (χ0v) is 14.6. The molecule has 0 radical (unpaired) electrons. The normalized spacial score (nSPS) is 28.5. The van der Waals surface area contributed by atoms with Crippen LogP contribution in [0.3, 0.4) is 0 Å². The van der Waals surface area contributed by atoms with Gasteiger partial charge >= 0.3 is 0 Å². The lowest BCUT2D eigenvalue weighted by atomic mass is 9.86. The lowest BCUT2D eigenvalue weighted by Crippen LogP contribution is -2.55. The molecule has 0 amide bonds. The summed E-state index contributed by atoms with van der Waals surface area (Å²) in [5.74, 6) is 2.65. The van der Waals surface area contributed by atoms with E-state index in [2.05, 4.69) is 51.3 Å². The minimum atomic E-state index is 0.778. The van der Waals surface area contributed by atoms with Gasteiger partial charge in [0, 0.05) is 37.8 Å². The topological polar surface area (TPSA) is 6.48 Å². The van der Waals surface area contributed by atoms with Crippen LogP contribution in [-0.4, -0.2) is 47.6 Å². The molecule has 2 rings (SSSR count). The van der Waals surface area contributed by atoms with Crippen molar-refractivity contribution in [3.8, 4) is 0 Å². The van der Waals surface area contributed by atoms with Crippen molar-refractivity contribution in [1.82, 2.24) is 9.80 Å². The third-order valence-electron chi connectivity index (χ3n) is 5.95. The van der Waals surface area contributed by atoms with Crippen LogP contribution in [0.5, 0.6) is 0 Å². The minimum Gasteiger partial charge on any atom is -0.300 e. The second kappa shape index (κ2) is 6.79. The summed E-state index contributed by atoms with van der Waals surface area (Å²) in [5.41, 5.74) is 0. The van der Waals surface area contributed by atoms with E-state index in [1.165, 1.54) is 38.9 Å². The van der Waals surface area contributed by atoms with Gasteiger partial charge in [0.2, 0.25) is 0 Å². The molecule has 0 aromatic rings. The largest absolute Gasteiger partial charge is 0.300 e. The fraction of sp³-hybridized carbons (Fsp3) is 1.00. The number of likely N-dealkylation sites (tertiary alicyclic amines) is 2. The van der Waals surface area contributed by atoms with Crippen LogP contribution in [0.4, 0.5) is 0 Å². The van der Waals surface area contributed by atoms with Gasteiger partial charge < -0.3 is 0 Å². The van der Waals surface area contributed by atoms with Gasteiger partial charge in [-0.1, -0.05) is 27.7 Å². The SMILES string of the molecule is CC(C)C1CN(C(C)CCC(C)N2CCC2C(C)C)C1. The van der Waals surface area contributed by atoms with E-state index in [0.29, 0.717) is 0 Å². The first kappa shape index (κ1) is 16.3. The highest BCUT2D eigenvalue weighted by Gasteiger charge is 2.35. The molecule has 3 unspecified atom stereocenters. The lowest BCUT2D eigenvalue weighted by molar-refractivity contribution is 0.00256. The van der Waals surface area contributed by atoms with Crippen LogP contribution < -0.4 is 0 Å². The summed E-state index contributed by atoms with van der Waals surface area (Å²) in [6, 6.07) is 2.42. The number of hydrogen-bond donors (Lipinski definition) is 0. The summed E-state index contributed by atoms with van der Waals surface area (Å²) >= 11 is 0. The molecule has 2 aliphatic rings. The first-order valence-electron chi connectivity index (χ1n) is 8.90. The van der Waals surface area contributed by atoms with Crippen molar-refractivity contribution < 1.29 is 0 Å². The van der Waals surface area contributed by atoms with E-state index in [1.54, 1.807) is 0 Å². The van der Waals surface area contributed by atoms with E-state index in [9.17, 15) is 0 Å². The van der Waals surface area contributed by atoms with E-state index in [1.807, 2.05) is 0 Å². The maximum Gasteiger partial charge on any atom is 0.0133 e.